The Balaban J connectivity index is 2.03. The number of carbonyl (C=O) groups is 3. The molecule has 0 saturated carbocycles. The minimum atomic E-state index is -2.11. The minimum absolute atomic E-state index is 0.397. The molecule has 3 amide bonds. The lowest BCUT2D eigenvalue weighted by molar-refractivity contribution is -0.152. The lowest BCUT2D eigenvalue weighted by Gasteiger charge is -2.24. The maximum atomic E-state index is 12.6. The van der Waals surface area contributed by atoms with Gasteiger partial charge in [0.05, 0.1) is 6.10 Å². The topological polar surface area (TPSA) is 139 Å². The van der Waals surface area contributed by atoms with E-state index in [0.29, 0.717) is 5.69 Å². The number of carbonyl (C=O) groups excluding carboxylic acids is 3. The first-order valence-electron chi connectivity index (χ1n) is 10.1. The van der Waals surface area contributed by atoms with Gasteiger partial charge in [0.25, 0.3) is 11.8 Å². The number of nitrogens with one attached hydrogen (secondary N) is 2. The van der Waals surface area contributed by atoms with E-state index in [1.165, 1.54) is 21.0 Å². The highest BCUT2D eigenvalue weighted by atomic mass is 16.3. The molecule has 0 heterocycles. The monoisotopic (exact) mass is 453 g/mol. The average molecular weight is 453 g/mol. The molecule has 174 valence electrons. The summed E-state index contributed by atoms with van der Waals surface area (Å²) in [5, 5.41) is 34.4. The minimum Gasteiger partial charge on any atom is -0.391 e. The molecular weight excluding hydrogens is 426 g/mol. The Bertz CT molecular complexity index is 1030. The van der Waals surface area contributed by atoms with Crippen LogP contribution in [0.3, 0.4) is 0 Å². The van der Waals surface area contributed by atoms with Gasteiger partial charge in [0.2, 0.25) is 5.91 Å². The first kappa shape index (κ1) is 25.5. The Morgan fingerprint density at radius 1 is 0.818 bits per heavy atom. The molecule has 0 aromatic heterocycles. The number of likely N-dealkylation sites (N-methyl/N-ethyl adjacent to an activating group) is 1. The van der Waals surface area contributed by atoms with E-state index in [9.17, 15) is 29.7 Å². The van der Waals surface area contributed by atoms with Crippen molar-refractivity contribution in [2.24, 2.45) is 0 Å². The zero-order valence-corrected chi connectivity index (χ0v) is 18.5. The van der Waals surface area contributed by atoms with Crippen molar-refractivity contribution in [3.8, 4) is 11.8 Å². The average Bonchev–Trinajstić information content (AvgIpc) is 2.80. The Morgan fingerprint density at radius 3 is 1.88 bits per heavy atom. The zero-order valence-electron chi connectivity index (χ0n) is 18.5. The molecule has 0 aliphatic heterocycles. The third-order valence-electron chi connectivity index (χ3n) is 4.60. The Labute approximate surface area is 192 Å². The Morgan fingerprint density at radius 2 is 1.36 bits per heavy atom. The number of aliphatic hydroxyl groups excluding tert-OH is 3. The smallest absolute Gasteiger partial charge is 0.254 e. The highest BCUT2D eigenvalue weighted by Gasteiger charge is 2.34. The second kappa shape index (κ2) is 11.8. The van der Waals surface area contributed by atoms with Crippen molar-refractivity contribution in [3.05, 3.63) is 65.7 Å². The fourth-order valence-electron chi connectivity index (χ4n) is 2.71. The van der Waals surface area contributed by atoms with Crippen molar-refractivity contribution < 1.29 is 29.7 Å². The van der Waals surface area contributed by atoms with Gasteiger partial charge in [-0.3, -0.25) is 14.4 Å². The molecule has 0 unspecified atom stereocenters. The number of hydrogen-bond acceptors (Lipinski definition) is 6. The highest BCUT2D eigenvalue weighted by molar-refractivity contribution is 5.99. The molecule has 5 N–H and O–H groups in total. The van der Waals surface area contributed by atoms with Crippen LogP contribution in [-0.4, -0.2) is 76.4 Å². The van der Waals surface area contributed by atoms with Gasteiger partial charge in [-0.2, -0.15) is 0 Å². The van der Waals surface area contributed by atoms with Crippen molar-refractivity contribution in [2.45, 2.75) is 31.3 Å². The largest absolute Gasteiger partial charge is 0.391 e. The van der Waals surface area contributed by atoms with Gasteiger partial charge in [0.1, 0.15) is 6.04 Å². The second-order valence-electron chi connectivity index (χ2n) is 7.53. The van der Waals surface area contributed by atoms with E-state index in [1.54, 1.807) is 24.3 Å². The van der Waals surface area contributed by atoms with E-state index in [1.807, 2.05) is 30.3 Å². The van der Waals surface area contributed by atoms with E-state index < -0.39 is 42.1 Å². The first-order chi connectivity index (χ1) is 15.6. The van der Waals surface area contributed by atoms with Crippen LogP contribution in [0.5, 0.6) is 0 Å². The molecule has 0 aliphatic rings. The Hall–Kier alpha value is -3.71. The van der Waals surface area contributed by atoms with Gasteiger partial charge in [-0.05, 0) is 43.3 Å². The normalized spacial score (nSPS) is 14.0. The lowest BCUT2D eigenvalue weighted by atomic mass is 10.1. The number of hydrogen-bond donors (Lipinski definition) is 5. The predicted molar refractivity (Wildman–Crippen MR) is 122 cm³/mol. The van der Waals surface area contributed by atoms with Gasteiger partial charge in [-0.15, -0.1) is 0 Å². The Kier molecular flexibility index (Phi) is 9.12. The quantitative estimate of drug-likeness (QED) is 0.365. The third-order valence-corrected chi connectivity index (χ3v) is 4.60. The van der Waals surface area contributed by atoms with E-state index in [2.05, 4.69) is 22.5 Å². The van der Waals surface area contributed by atoms with Gasteiger partial charge < -0.3 is 30.9 Å². The van der Waals surface area contributed by atoms with Gasteiger partial charge in [0, 0.05) is 30.9 Å². The van der Waals surface area contributed by atoms with E-state index in [0.717, 1.165) is 16.0 Å². The molecule has 9 nitrogen and oxygen atoms in total. The molecule has 33 heavy (non-hydrogen) atoms. The SMILES string of the molecule is C[C@@H](O)[C@H](NC(=O)[C@H](O)[C@@H](O)C(=O)N(C)C)C(=O)Nc1ccc(C#Cc2ccccc2)cc1. The summed E-state index contributed by atoms with van der Waals surface area (Å²) in [5.74, 6) is 3.22. The molecule has 2 aromatic carbocycles. The van der Waals surface area contributed by atoms with Crippen molar-refractivity contribution in [1.29, 1.82) is 0 Å². The van der Waals surface area contributed by atoms with E-state index >= 15 is 0 Å². The molecular formula is C24H27N3O6. The molecule has 4 atom stereocenters. The first-order valence-corrected chi connectivity index (χ1v) is 10.1. The van der Waals surface area contributed by atoms with Crippen LogP contribution >= 0.6 is 0 Å². The maximum Gasteiger partial charge on any atom is 0.254 e. The summed E-state index contributed by atoms with van der Waals surface area (Å²) in [6.45, 7) is 1.28. The second-order valence-corrected chi connectivity index (χ2v) is 7.53. The number of benzene rings is 2. The van der Waals surface area contributed by atoms with Gasteiger partial charge in [-0.1, -0.05) is 30.0 Å². The molecule has 9 heteroatoms. The summed E-state index contributed by atoms with van der Waals surface area (Å²) in [6, 6.07) is 14.6. The van der Waals surface area contributed by atoms with Gasteiger partial charge in [-0.25, -0.2) is 0 Å². The van der Waals surface area contributed by atoms with Crippen LogP contribution < -0.4 is 10.6 Å². The van der Waals surface area contributed by atoms with Crippen LogP contribution in [0.4, 0.5) is 5.69 Å². The summed E-state index contributed by atoms with van der Waals surface area (Å²) < 4.78 is 0. The summed E-state index contributed by atoms with van der Waals surface area (Å²) in [7, 11) is 2.70. The molecule has 0 radical (unpaired) electrons. The molecule has 0 bridgehead atoms. The summed E-state index contributed by atoms with van der Waals surface area (Å²) in [6.07, 6.45) is -5.45. The highest BCUT2D eigenvalue weighted by Crippen LogP contribution is 2.11. The molecule has 0 fully saturated rings. The van der Waals surface area contributed by atoms with Crippen molar-refractivity contribution in [2.75, 3.05) is 19.4 Å². The standard InChI is InChI=1S/C24H27N3O6/c1-15(28)19(26-23(32)20(29)21(30)24(33)27(2)3)22(31)25-18-13-11-17(12-14-18)10-9-16-7-5-4-6-8-16/h4-8,11-15,19-21,28-30H,1-3H3,(H,25,31)(H,26,32)/t15-,19+,20-,21-/m1/s1. The summed E-state index contributed by atoms with van der Waals surface area (Å²) in [5.41, 5.74) is 1.98. The molecule has 0 aliphatic carbocycles. The van der Waals surface area contributed by atoms with Crippen molar-refractivity contribution in [1.82, 2.24) is 10.2 Å². The van der Waals surface area contributed by atoms with E-state index in [-0.39, 0.29) is 0 Å². The number of rotatable bonds is 7. The van der Waals surface area contributed by atoms with Crippen LogP contribution in [0.2, 0.25) is 0 Å². The van der Waals surface area contributed by atoms with Gasteiger partial charge >= 0.3 is 0 Å². The number of anilines is 1. The van der Waals surface area contributed by atoms with Crippen molar-refractivity contribution >= 4 is 23.4 Å². The van der Waals surface area contributed by atoms with Crippen LogP contribution in [-0.2, 0) is 14.4 Å². The predicted octanol–water partition coefficient (Wildman–Crippen LogP) is -0.299. The zero-order chi connectivity index (χ0) is 24.5. The van der Waals surface area contributed by atoms with Crippen molar-refractivity contribution in [3.63, 3.8) is 0 Å². The lowest BCUT2D eigenvalue weighted by Crippen LogP contribution is -2.56. The summed E-state index contributed by atoms with van der Waals surface area (Å²) >= 11 is 0. The van der Waals surface area contributed by atoms with Crippen LogP contribution in [0.1, 0.15) is 18.1 Å². The molecule has 0 saturated heterocycles. The van der Waals surface area contributed by atoms with Crippen LogP contribution in [0, 0.1) is 11.8 Å². The third kappa shape index (κ3) is 7.43. The molecule has 0 spiro atoms. The fraction of sp³-hybridized carbons (Fsp3) is 0.292. The maximum absolute atomic E-state index is 12.6. The summed E-state index contributed by atoms with van der Waals surface area (Å²) in [4.78, 5) is 37.5. The number of nitrogens with zero attached hydrogens (tertiary/aromatic N) is 1. The fourth-order valence-corrected chi connectivity index (χ4v) is 2.71. The van der Waals surface area contributed by atoms with Crippen LogP contribution in [0.15, 0.2) is 54.6 Å². The van der Waals surface area contributed by atoms with E-state index in [4.69, 9.17) is 0 Å². The number of amides is 3. The number of aliphatic hydroxyl groups is 3. The van der Waals surface area contributed by atoms with Gasteiger partial charge in [0.15, 0.2) is 12.2 Å². The molecule has 2 aromatic rings. The van der Waals surface area contributed by atoms with Crippen LogP contribution in [0.25, 0.3) is 0 Å². The molecule has 2 rings (SSSR count).